The van der Waals surface area contributed by atoms with Crippen LogP contribution in [0.3, 0.4) is 0 Å². The Morgan fingerprint density at radius 2 is 1.92 bits per heavy atom. The highest BCUT2D eigenvalue weighted by Crippen LogP contribution is 2.33. The fraction of sp³-hybridized carbons (Fsp3) is 0.211. The molecule has 4 nitrogen and oxygen atoms in total. The van der Waals surface area contributed by atoms with Crippen molar-refractivity contribution in [3.8, 4) is 11.1 Å². The maximum Gasteiger partial charge on any atom is 0.379 e. The van der Waals surface area contributed by atoms with Crippen molar-refractivity contribution in [3.05, 3.63) is 57.6 Å². The number of aryl methyl sites for hydroxylation is 1. The van der Waals surface area contributed by atoms with Gasteiger partial charge >= 0.3 is 5.97 Å². The van der Waals surface area contributed by atoms with Crippen LogP contribution in [0.15, 0.2) is 30.3 Å². The van der Waals surface area contributed by atoms with Crippen molar-refractivity contribution in [3.63, 3.8) is 0 Å². The Morgan fingerprint density at radius 1 is 1.19 bits per heavy atom. The monoisotopic (exact) mass is 395 g/mol. The van der Waals surface area contributed by atoms with Crippen molar-refractivity contribution < 1.29 is 18.7 Å². The summed E-state index contributed by atoms with van der Waals surface area (Å²) in [4.78, 5) is 27.1. The molecule has 0 radical (unpaired) electrons. The molecule has 1 aromatic heterocycles. The van der Waals surface area contributed by atoms with Crippen LogP contribution in [0.25, 0.3) is 17.2 Å². The summed E-state index contributed by atoms with van der Waals surface area (Å²) in [5.41, 5.74) is 1.74. The lowest BCUT2D eigenvalue weighted by Gasteiger charge is -2.11. The summed E-state index contributed by atoms with van der Waals surface area (Å²) in [5, 5.41) is 0.0669. The van der Waals surface area contributed by atoms with Gasteiger partial charge in [-0.3, -0.25) is 4.79 Å². The van der Waals surface area contributed by atoms with E-state index < -0.39 is 17.6 Å². The summed E-state index contributed by atoms with van der Waals surface area (Å²) in [6.45, 7) is 3.60. The number of hydrogen-bond donors (Lipinski definition) is 0. The first-order valence-corrected chi connectivity index (χ1v) is 8.66. The van der Waals surface area contributed by atoms with E-state index in [1.165, 1.54) is 18.2 Å². The zero-order valence-electron chi connectivity index (χ0n) is 14.2. The first-order valence-electron chi connectivity index (χ1n) is 7.91. The Morgan fingerprint density at radius 3 is 2.54 bits per heavy atom. The number of aromatic nitrogens is 1. The molecule has 0 spiro atoms. The van der Waals surface area contributed by atoms with E-state index in [0.717, 1.165) is 11.6 Å². The molecular weight excluding hydrogens is 380 g/mol. The van der Waals surface area contributed by atoms with E-state index in [1.54, 1.807) is 19.1 Å². The first kappa shape index (κ1) is 20.1. The second-order valence-corrected chi connectivity index (χ2v) is 6.03. The van der Waals surface area contributed by atoms with Crippen LogP contribution in [0, 0.1) is 5.82 Å². The van der Waals surface area contributed by atoms with Gasteiger partial charge in [0.05, 0.1) is 6.61 Å². The first-order chi connectivity index (χ1) is 12.4. The Hall–Kier alpha value is -2.24. The molecule has 0 saturated carbocycles. The number of esters is 1. The minimum Gasteiger partial charge on any atom is -0.460 e. The highest BCUT2D eigenvalue weighted by Gasteiger charge is 2.16. The minimum absolute atomic E-state index is 0.0145. The van der Waals surface area contributed by atoms with E-state index >= 15 is 0 Å². The van der Waals surface area contributed by atoms with Gasteiger partial charge in [-0.25, -0.2) is 14.2 Å². The molecule has 0 aliphatic rings. The summed E-state index contributed by atoms with van der Waals surface area (Å²) in [7, 11) is 0. The van der Waals surface area contributed by atoms with Crippen molar-refractivity contribution in [1.29, 1.82) is 0 Å². The van der Waals surface area contributed by atoms with E-state index in [2.05, 4.69) is 9.72 Å². The van der Waals surface area contributed by atoms with Crippen LogP contribution >= 0.6 is 23.2 Å². The lowest BCUT2D eigenvalue weighted by atomic mass is 9.98. The Balaban J connectivity index is 2.51. The van der Waals surface area contributed by atoms with Gasteiger partial charge in [-0.2, -0.15) is 0 Å². The van der Waals surface area contributed by atoms with Gasteiger partial charge in [0.25, 0.3) is 5.78 Å². The number of carbonyl (C=O) groups excluding carboxylic acids is 2. The molecule has 2 rings (SSSR count). The third-order valence-electron chi connectivity index (χ3n) is 3.59. The second-order valence-electron chi connectivity index (χ2n) is 5.28. The van der Waals surface area contributed by atoms with Crippen LogP contribution in [0.4, 0.5) is 4.39 Å². The van der Waals surface area contributed by atoms with Gasteiger partial charge in [-0.05, 0) is 48.8 Å². The van der Waals surface area contributed by atoms with Gasteiger partial charge in [0, 0.05) is 11.1 Å². The summed E-state index contributed by atoms with van der Waals surface area (Å²) in [6, 6.07) is 6.28. The van der Waals surface area contributed by atoms with Gasteiger partial charge < -0.3 is 4.74 Å². The third-order valence-corrected chi connectivity index (χ3v) is 4.07. The quantitative estimate of drug-likeness (QED) is 0.302. The SMILES string of the molecule is CCOC(=O)C(=O)/C=C/c1c(-c2ccc(CC)cc2F)cc(Cl)nc1Cl. The van der Waals surface area contributed by atoms with Crippen LogP contribution in [-0.2, 0) is 20.7 Å². The summed E-state index contributed by atoms with van der Waals surface area (Å²) in [5.74, 6) is -2.29. The van der Waals surface area contributed by atoms with Gasteiger partial charge in [0.2, 0.25) is 0 Å². The number of rotatable bonds is 6. The minimum atomic E-state index is -0.984. The number of pyridine rings is 1. The maximum atomic E-state index is 14.5. The van der Waals surface area contributed by atoms with Gasteiger partial charge in [0.1, 0.15) is 16.1 Å². The zero-order chi connectivity index (χ0) is 19.3. The molecule has 2 aromatic rings. The topological polar surface area (TPSA) is 56.3 Å². The zero-order valence-corrected chi connectivity index (χ0v) is 15.7. The predicted molar refractivity (Wildman–Crippen MR) is 99.7 cm³/mol. The predicted octanol–water partition coefficient (Wildman–Crippen LogP) is 4.90. The van der Waals surface area contributed by atoms with Crippen LogP contribution < -0.4 is 0 Å². The Labute approximate surface area is 160 Å². The lowest BCUT2D eigenvalue weighted by molar-refractivity contribution is -0.151. The molecule has 0 amide bonds. The van der Waals surface area contributed by atoms with Crippen molar-refractivity contribution >= 4 is 41.0 Å². The molecule has 26 heavy (non-hydrogen) atoms. The molecule has 0 N–H and O–H groups in total. The van der Waals surface area contributed by atoms with Gasteiger partial charge in [0.15, 0.2) is 0 Å². The molecule has 0 atom stereocenters. The van der Waals surface area contributed by atoms with Gasteiger partial charge in [-0.1, -0.05) is 42.3 Å². The van der Waals surface area contributed by atoms with Crippen molar-refractivity contribution in [2.45, 2.75) is 20.3 Å². The molecular formula is C19H16Cl2FNO3. The highest BCUT2D eigenvalue weighted by molar-refractivity contribution is 6.39. The largest absolute Gasteiger partial charge is 0.460 e. The Kier molecular flexibility index (Phi) is 6.89. The van der Waals surface area contributed by atoms with Crippen molar-refractivity contribution in [1.82, 2.24) is 4.98 Å². The smallest absolute Gasteiger partial charge is 0.379 e. The van der Waals surface area contributed by atoms with Crippen LogP contribution in [0.1, 0.15) is 25.0 Å². The fourth-order valence-corrected chi connectivity index (χ4v) is 2.79. The van der Waals surface area contributed by atoms with Crippen LogP contribution in [-0.4, -0.2) is 23.3 Å². The molecule has 0 unspecified atom stereocenters. The molecule has 1 heterocycles. The number of carbonyl (C=O) groups is 2. The third kappa shape index (κ3) is 4.68. The number of ether oxygens (including phenoxy) is 1. The molecule has 1 aromatic carbocycles. The number of benzene rings is 1. The molecule has 0 aliphatic carbocycles. The molecule has 0 saturated heterocycles. The van der Waals surface area contributed by atoms with Crippen molar-refractivity contribution in [2.24, 2.45) is 0 Å². The second kappa shape index (κ2) is 8.92. The summed E-state index contributed by atoms with van der Waals surface area (Å²) >= 11 is 12.1. The molecule has 0 fully saturated rings. The lowest BCUT2D eigenvalue weighted by Crippen LogP contribution is -2.14. The van der Waals surface area contributed by atoms with Crippen molar-refractivity contribution in [2.75, 3.05) is 6.61 Å². The Bertz CT molecular complexity index is 881. The maximum absolute atomic E-state index is 14.5. The number of halogens is 3. The van der Waals surface area contributed by atoms with Crippen LogP contribution in [0.2, 0.25) is 10.3 Å². The number of hydrogen-bond acceptors (Lipinski definition) is 4. The van der Waals surface area contributed by atoms with E-state index in [9.17, 15) is 14.0 Å². The molecule has 0 bridgehead atoms. The number of nitrogens with zero attached hydrogens (tertiary/aromatic N) is 1. The van der Waals surface area contributed by atoms with Gasteiger partial charge in [-0.15, -0.1) is 0 Å². The molecule has 7 heteroatoms. The average molecular weight is 396 g/mol. The van der Waals surface area contributed by atoms with E-state index in [1.807, 2.05) is 6.92 Å². The normalized spacial score (nSPS) is 11.0. The summed E-state index contributed by atoms with van der Waals surface area (Å²) < 4.78 is 19.2. The standard InChI is InChI=1S/C19H16Cl2FNO3/c1-3-11-5-6-12(15(22)9-11)14-10-17(20)23-18(21)13(14)7-8-16(24)19(25)26-4-2/h5-10H,3-4H2,1-2H3/b8-7+. The van der Waals surface area contributed by atoms with Crippen LogP contribution in [0.5, 0.6) is 0 Å². The average Bonchev–Trinajstić information content (AvgIpc) is 2.60. The van der Waals surface area contributed by atoms with E-state index in [0.29, 0.717) is 12.0 Å². The molecule has 0 aliphatic heterocycles. The summed E-state index contributed by atoms with van der Waals surface area (Å²) in [6.07, 6.45) is 3.00. The van der Waals surface area contributed by atoms with E-state index in [4.69, 9.17) is 23.2 Å². The van der Waals surface area contributed by atoms with E-state index in [-0.39, 0.29) is 28.0 Å². The fourth-order valence-electron chi connectivity index (χ4n) is 2.30. The highest BCUT2D eigenvalue weighted by atomic mass is 35.5. The number of ketones is 1. The molecule has 136 valence electrons.